The first-order chi connectivity index (χ1) is 7.38. The molecule has 2 aromatic rings. The van der Waals surface area contributed by atoms with Crippen molar-refractivity contribution >= 4 is 22.8 Å². The van der Waals surface area contributed by atoms with Gasteiger partial charge in [-0.1, -0.05) is 20.8 Å². The molecular weight excluding hydrogens is 202 g/mol. The van der Waals surface area contributed by atoms with Crippen molar-refractivity contribution in [2.45, 2.75) is 26.2 Å². The lowest BCUT2D eigenvalue weighted by Crippen LogP contribution is -2.12. The summed E-state index contributed by atoms with van der Waals surface area (Å²) < 4.78 is 0. The molecule has 0 unspecified atom stereocenters. The number of nitrogen functional groups attached to an aromatic ring is 2. The van der Waals surface area contributed by atoms with Crippen LogP contribution in [0.4, 0.5) is 11.8 Å². The van der Waals surface area contributed by atoms with Crippen molar-refractivity contribution in [1.29, 1.82) is 0 Å². The molecule has 2 rings (SSSR count). The summed E-state index contributed by atoms with van der Waals surface area (Å²) in [5, 5.41) is 0. The van der Waals surface area contributed by atoms with Gasteiger partial charge >= 0.3 is 0 Å². The van der Waals surface area contributed by atoms with Gasteiger partial charge in [-0.3, -0.25) is 4.98 Å². The summed E-state index contributed by atoms with van der Waals surface area (Å²) in [6.07, 6.45) is 1.80. The van der Waals surface area contributed by atoms with Gasteiger partial charge in [-0.25, -0.2) is 4.98 Å². The van der Waals surface area contributed by atoms with Gasteiger partial charge in [0.25, 0.3) is 0 Å². The first-order valence-electron chi connectivity index (χ1n) is 5.07. The van der Waals surface area contributed by atoms with E-state index in [1.165, 1.54) is 0 Å². The second-order valence-corrected chi connectivity index (χ2v) is 4.81. The highest BCUT2D eigenvalue weighted by Gasteiger charge is 2.15. The smallest absolute Gasteiger partial charge is 0.222 e. The summed E-state index contributed by atoms with van der Waals surface area (Å²) in [4.78, 5) is 12.3. The molecule has 0 amide bonds. The van der Waals surface area contributed by atoms with Crippen LogP contribution in [0.25, 0.3) is 11.0 Å². The maximum atomic E-state index is 5.72. The minimum Gasteiger partial charge on any atom is -0.382 e. The monoisotopic (exact) mass is 217 g/mol. The van der Waals surface area contributed by atoms with Gasteiger partial charge in [-0.2, -0.15) is 4.98 Å². The summed E-state index contributed by atoms with van der Waals surface area (Å²) in [7, 11) is 0. The summed E-state index contributed by atoms with van der Waals surface area (Å²) in [6.45, 7) is 6.34. The SMILES string of the molecule is CC(C)(C)c1cnc2c(N)nc(N)nc2c1. The Hall–Kier alpha value is -1.91. The van der Waals surface area contributed by atoms with E-state index in [1.54, 1.807) is 6.20 Å². The zero-order valence-corrected chi connectivity index (χ0v) is 9.65. The topological polar surface area (TPSA) is 90.7 Å². The zero-order chi connectivity index (χ0) is 11.9. The highest BCUT2D eigenvalue weighted by atomic mass is 15.0. The first kappa shape index (κ1) is 10.6. The average Bonchev–Trinajstić information content (AvgIpc) is 2.15. The minimum absolute atomic E-state index is 0.0235. The van der Waals surface area contributed by atoms with Gasteiger partial charge < -0.3 is 11.5 Å². The van der Waals surface area contributed by atoms with E-state index in [0.717, 1.165) is 5.56 Å². The number of aromatic nitrogens is 3. The van der Waals surface area contributed by atoms with E-state index >= 15 is 0 Å². The van der Waals surface area contributed by atoms with E-state index in [0.29, 0.717) is 16.9 Å². The van der Waals surface area contributed by atoms with Crippen molar-refractivity contribution in [2.75, 3.05) is 11.5 Å². The maximum Gasteiger partial charge on any atom is 0.222 e. The van der Waals surface area contributed by atoms with E-state index < -0.39 is 0 Å². The number of hydrogen-bond acceptors (Lipinski definition) is 5. The van der Waals surface area contributed by atoms with Crippen molar-refractivity contribution in [3.63, 3.8) is 0 Å². The van der Waals surface area contributed by atoms with Gasteiger partial charge in [-0.05, 0) is 17.0 Å². The van der Waals surface area contributed by atoms with Crippen molar-refractivity contribution < 1.29 is 0 Å². The van der Waals surface area contributed by atoms with Crippen molar-refractivity contribution in [2.24, 2.45) is 0 Å². The lowest BCUT2D eigenvalue weighted by atomic mass is 9.88. The van der Waals surface area contributed by atoms with Crippen LogP contribution in [0, 0.1) is 0 Å². The molecule has 0 bridgehead atoms. The number of anilines is 2. The molecule has 0 atom stereocenters. The molecule has 0 aliphatic heterocycles. The van der Waals surface area contributed by atoms with Gasteiger partial charge in [0.05, 0.1) is 5.52 Å². The molecule has 5 nitrogen and oxygen atoms in total. The second kappa shape index (κ2) is 3.30. The van der Waals surface area contributed by atoms with E-state index in [4.69, 9.17) is 11.5 Å². The predicted molar refractivity (Wildman–Crippen MR) is 64.9 cm³/mol. The second-order valence-electron chi connectivity index (χ2n) is 4.81. The number of fused-ring (bicyclic) bond motifs is 1. The third-order valence-corrected chi connectivity index (χ3v) is 2.45. The molecule has 0 saturated carbocycles. The lowest BCUT2D eigenvalue weighted by Gasteiger charge is -2.18. The van der Waals surface area contributed by atoms with Gasteiger partial charge in [-0.15, -0.1) is 0 Å². The normalized spacial score (nSPS) is 11.9. The molecule has 0 saturated heterocycles. The van der Waals surface area contributed by atoms with Crippen LogP contribution in [-0.4, -0.2) is 15.0 Å². The fourth-order valence-electron chi connectivity index (χ4n) is 1.47. The fourth-order valence-corrected chi connectivity index (χ4v) is 1.47. The van der Waals surface area contributed by atoms with Crippen LogP contribution in [-0.2, 0) is 5.41 Å². The maximum absolute atomic E-state index is 5.72. The van der Waals surface area contributed by atoms with Crippen molar-refractivity contribution in [3.8, 4) is 0 Å². The molecule has 84 valence electrons. The number of rotatable bonds is 0. The van der Waals surface area contributed by atoms with Crippen LogP contribution in [0.2, 0.25) is 0 Å². The summed E-state index contributed by atoms with van der Waals surface area (Å²) >= 11 is 0. The van der Waals surface area contributed by atoms with Crippen LogP contribution in [0.15, 0.2) is 12.3 Å². The Bertz CT molecular complexity index is 542. The molecule has 4 N–H and O–H groups in total. The standard InChI is InChI=1S/C11H15N5/c1-11(2,3)6-4-7-8(14-5-6)9(12)16-10(13)15-7/h4-5H,1-3H3,(H4,12,13,15,16). The predicted octanol–water partition coefficient (Wildman–Crippen LogP) is 1.49. The molecule has 16 heavy (non-hydrogen) atoms. The van der Waals surface area contributed by atoms with Crippen LogP contribution in [0.3, 0.4) is 0 Å². The number of nitrogens with zero attached hydrogens (tertiary/aromatic N) is 3. The van der Waals surface area contributed by atoms with Gasteiger partial charge in [0.15, 0.2) is 5.82 Å². The number of nitrogens with two attached hydrogens (primary N) is 2. The molecular formula is C11H15N5. The Morgan fingerprint density at radius 2 is 1.81 bits per heavy atom. The summed E-state index contributed by atoms with van der Waals surface area (Å²) in [5.41, 5.74) is 13.7. The zero-order valence-electron chi connectivity index (χ0n) is 9.65. The van der Waals surface area contributed by atoms with Crippen molar-refractivity contribution in [3.05, 3.63) is 17.8 Å². The minimum atomic E-state index is 0.0235. The Balaban J connectivity index is 2.71. The van der Waals surface area contributed by atoms with E-state index in [9.17, 15) is 0 Å². The largest absolute Gasteiger partial charge is 0.382 e. The summed E-state index contributed by atoms with van der Waals surface area (Å²) in [6, 6.07) is 1.96. The third-order valence-electron chi connectivity index (χ3n) is 2.45. The molecule has 2 heterocycles. The number of pyridine rings is 1. The molecule has 0 aliphatic carbocycles. The van der Waals surface area contributed by atoms with Crippen LogP contribution >= 0.6 is 0 Å². The highest BCUT2D eigenvalue weighted by molar-refractivity contribution is 5.85. The van der Waals surface area contributed by atoms with E-state index in [-0.39, 0.29) is 11.4 Å². The van der Waals surface area contributed by atoms with E-state index in [2.05, 4.69) is 35.7 Å². The van der Waals surface area contributed by atoms with Crippen LogP contribution in [0.1, 0.15) is 26.3 Å². The van der Waals surface area contributed by atoms with Crippen molar-refractivity contribution in [1.82, 2.24) is 15.0 Å². The van der Waals surface area contributed by atoms with Gasteiger partial charge in [0.1, 0.15) is 5.52 Å². The Morgan fingerprint density at radius 1 is 1.12 bits per heavy atom. The lowest BCUT2D eigenvalue weighted by molar-refractivity contribution is 0.588. The molecule has 0 aromatic carbocycles. The van der Waals surface area contributed by atoms with Crippen LogP contribution in [0.5, 0.6) is 0 Å². The average molecular weight is 217 g/mol. The molecule has 0 fully saturated rings. The first-order valence-corrected chi connectivity index (χ1v) is 5.07. The highest BCUT2D eigenvalue weighted by Crippen LogP contribution is 2.25. The van der Waals surface area contributed by atoms with Crippen LogP contribution < -0.4 is 11.5 Å². The Morgan fingerprint density at radius 3 is 2.44 bits per heavy atom. The molecule has 0 aliphatic rings. The fraction of sp³-hybridized carbons (Fsp3) is 0.364. The van der Waals surface area contributed by atoms with Gasteiger partial charge in [0.2, 0.25) is 5.95 Å². The number of hydrogen-bond donors (Lipinski definition) is 2. The Labute approximate surface area is 93.9 Å². The molecule has 2 aromatic heterocycles. The third kappa shape index (κ3) is 1.76. The molecule has 0 radical (unpaired) electrons. The molecule has 0 spiro atoms. The van der Waals surface area contributed by atoms with Gasteiger partial charge in [0, 0.05) is 6.20 Å². The molecule has 5 heteroatoms. The summed E-state index contributed by atoms with van der Waals surface area (Å²) in [5.74, 6) is 0.501. The van der Waals surface area contributed by atoms with E-state index in [1.807, 2.05) is 6.07 Å². The Kier molecular flexibility index (Phi) is 2.18. The quantitative estimate of drug-likeness (QED) is 0.697.